The van der Waals surface area contributed by atoms with Crippen molar-refractivity contribution in [1.82, 2.24) is 4.98 Å². The smallest absolute Gasteiger partial charge is 0.0945 e. The van der Waals surface area contributed by atoms with Gasteiger partial charge in [-0.05, 0) is 68.0 Å². The van der Waals surface area contributed by atoms with Crippen LogP contribution in [0.25, 0.3) is 0 Å². The van der Waals surface area contributed by atoms with Gasteiger partial charge in [-0.3, -0.25) is 4.98 Å². The summed E-state index contributed by atoms with van der Waals surface area (Å²) in [5.74, 6) is 0. The standard InChI is InChI=1S/C23H27Cl2NO2/c24-19-13-18(14-20(25)15-19)5-1-3-7-22(21-6-2-4-10-26-21)8-12-28-23(16-22)9-11-27-17-23/h2,4,6,10,13-15H,1,3,5,7-9,11-12,16-17H2/t22-,23-/m1/s1. The highest BCUT2D eigenvalue weighted by Gasteiger charge is 2.49. The van der Waals surface area contributed by atoms with Gasteiger partial charge in [-0.25, -0.2) is 0 Å². The van der Waals surface area contributed by atoms with Crippen molar-refractivity contribution in [3.8, 4) is 0 Å². The van der Waals surface area contributed by atoms with Crippen molar-refractivity contribution < 1.29 is 9.47 Å². The number of nitrogens with zero attached hydrogens (tertiary/aromatic N) is 1. The van der Waals surface area contributed by atoms with Crippen molar-refractivity contribution in [3.05, 3.63) is 63.9 Å². The number of pyridine rings is 1. The highest BCUT2D eigenvalue weighted by Crippen LogP contribution is 2.47. The molecule has 0 aliphatic carbocycles. The zero-order valence-corrected chi connectivity index (χ0v) is 17.6. The van der Waals surface area contributed by atoms with Crippen molar-refractivity contribution in [2.45, 2.75) is 56.0 Å². The fourth-order valence-corrected chi connectivity index (χ4v) is 5.42. The second-order valence-electron chi connectivity index (χ2n) is 8.24. The van der Waals surface area contributed by atoms with Crippen LogP contribution in [-0.2, 0) is 21.3 Å². The van der Waals surface area contributed by atoms with E-state index >= 15 is 0 Å². The number of rotatable bonds is 6. The summed E-state index contributed by atoms with van der Waals surface area (Å²) in [7, 11) is 0. The minimum absolute atomic E-state index is 0.0686. The predicted molar refractivity (Wildman–Crippen MR) is 113 cm³/mol. The molecule has 3 nitrogen and oxygen atoms in total. The van der Waals surface area contributed by atoms with Crippen molar-refractivity contribution in [2.24, 2.45) is 0 Å². The molecule has 2 aliphatic rings. The first-order valence-electron chi connectivity index (χ1n) is 10.2. The van der Waals surface area contributed by atoms with Crippen LogP contribution in [-0.4, -0.2) is 30.4 Å². The molecule has 2 fully saturated rings. The third kappa shape index (κ3) is 4.54. The Labute approximate surface area is 177 Å². The van der Waals surface area contributed by atoms with E-state index in [0.29, 0.717) is 16.7 Å². The Morgan fingerprint density at radius 3 is 2.57 bits per heavy atom. The Kier molecular flexibility index (Phi) is 6.27. The zero-order chi connectivity index (χ0) is 19.5. The molecule has 1 aromatic heterocycles. The van der Waals surface area contributed by atoms with Crippen LogP contribution in [0.2, 0.25) is 10.0 Å². The number of aryl methyl sites for hydroxylation is 1. The third-order valence-electron chi connectivity index (χ3n) is 6.22. The summed E-state index contributed by atoms with van der Waals surface area (Å²) in [6.07, 6.45) is 9.27. The molecule has 0 N–H and O–H groups in total. The summed E-state index contributed by atoms with van der Waals surface area (Å²) in [5.41, 5.74) is 2.35. The number of hydrogen-bond donors (Lipinski definition) is 0. The fraction of sp³-hybridized carbons (Fsp3) is 0.522. The molecule has 4 rings (SSSR count). The Bertz CT molecular complexity index is 772. The maximum Gasteiger partial charge on any atom is 0.0945 e. The first-order chi connectivity index (χ1) is 13.6. The van der Waals surface area contributed by atoms with Gasteiger partial charge in [0, 0.05) is 47.0 Å². The molecule has 1 aromatic carbocycles. The van der Waals surface area contributed by atoms with Gasteiger partial charge in [0.2, 0.25) is 0 Å². The maximum atomic E-state index is 6.22. The monoisotopic (exact) mass is 419 g/mol. The molecular weight excluding hydrogens is 393 g/mol. The number of benzene rings is 1. The fourth-order valence-electron chi connectivity index (χ4n) is 4.85. The Hall–Kier alpha value is -1.13. The van der Waals surface area contributed by atoms with E-state index in [1.54, 1.807) is 6.07 Å². The predicted octanol–water partition coefficient (Wildman–Crippen LogP) is 6.01. The molecule has 1 spiro atoms. The highest BCUT2D eigenvalue weighted by atomic mass is 35.5. The molecule has 2 saturated heterocycles. The third-order valence-corrected chi connectivity index (χ3v) is 6.65. The first-order valence-corrected chi connectivity index (χ1v) is 10.9. The molecule has 0 amide bonds. The van der Waals surface area contributed by atoms with Crippen molar-refractivity contribution in [3.63, 3.8) is 0 Å². The number of ether oxygens (including phenoxy) is 2. The van der Waals surface area contributed by atoms with Crippen LogP contribution in [0, 0.1) is 0 Å². The summed E-state index contributed by atoms with van der Waals surface area (Å²) in [6.45, 7) is 2.29. The van der Waals surface area contributed by atoms with Crippen LogP contribution < -0.4 is 0 Å². The number of unbranched alkanes of at least 4 members (excludes halogenated alkanes) is 1. The van der Waals surface area contributed by atoms with Gasteiger partial charge in [0.05, 0.1) is 12.2 Å². The minimum Gasteiger partial charge on any atom is -0.378 e. The largest absolute Gasteiger partial charge is 0.378 e. The Morgan fingerprint density at radius 2 is 1.86 bits per heavy atom. The lowest BCUT2D eigenvalue weighted by Crippen LogP contribution is -2.48. The zero-order valence-electron chi connectivity index (χ0n) is 16.1. The lowest BCUT2D eigenvalue weighted by atomic mass is 9.67. The van der Waals surface area contributed by atoms with Crippen LogP contribution in [0.3, 0.4) is 0 Å². The van der Waals surface area contributed by atoms with E-state index in [4.69, 9.17) is 37.7 Å². The van der Waals surface area contributed by atoms with E-state index in [1.807, 2.05) is 24.4 Å². The number of hydrogen-bond acceptors (Lipinski definition) is 3. The molecule has 28 heavy (non-hydrogen) atoms. The molecule has 150 valence electrons. The van der Waals surface area contributed by atoms with E-state index in [1.165, 1.54) is 11.3 Å². The summed E-state index contributed by atoms with van der Waals surface area (Å²) < 4.78 is 11.9. The van der Waals surface area contributed by atoms with Gasteiger partial charge in [0.1, 0.15) is 0 Å². The van der Waals surface area contributed by atoms with Crippen LogP contribution in [0.15, 0.2) is 42.6 Å². The van der Waals surface area contributed by atoms with E-state index in [-0.39, 0.29) is 11.0 Å². The first kappa shape index (κ1) is 20.2. The average Bonchev–Trinajstić information content (AvgIpc) is 3.13. The molecule has 2 atom stereocenters. The average molecular weight is 420 g/mol. The van der Waals surface area contributed by atoms with Gasteiger partial charge < -0.3 is 9.47 Å². The van der Waals surface area contributed by atoms with Crippen molar-refractivity contribution >= 4 is 23.2 Å². The van der Waals surface area contributed by atoms with Crippen LogP contribution in [0.5, 0.6) is 0 Å². The summed E-state index contributed by atoms with van der Waals surface area (Å²) >= 11 is 12.3. The van der Waals surface area contributed by atoms with Gasteiger partial charge in [0.25, 0.3) is 0 Å². The molecule has 0 radical (unpaired) electrons. The Morgan fingerprint density at radius 1 is 1.00 bits per heavy atom. The van der Waals surface area contributed by atoms with E-state index in [0.717, 1.165) is 58.2 Å². The minimum atomic E-state index is -0.129. The van der Waals surface area contributed by atoms with Crippen molar-refractivity contribution in [1.29, 1.82) is 0 Å². The van der Waals surface area contributed by atoms with Gasteiger partial charge in [-0.2, -0.15) is 0 Å². The van der Waals surface area contributed by atoms with E-state index in [2.05, 4.69) is 12.1 Å². The Balaban J connectivity index is 1.45. The van der Waals surface area contributed by atoms with Gasteiger partial charge in [-0.1, -0.05) is 35.7 Å². The van der Waals surface area contributed by atoms with Gasteiger partial charge in [-0.15, -0.1) is 0 Å². The van der Waals surface area contributed by atoms with Gasteiger partial charge >= 0.3 is 0 Å². The topological polar surface area (TPSA) is 31.4 Å². The van der Waals surface area contributed by atoms with Crippen LogP contribution in [0.4, 0.5) is 0 Å². The lowest BCUT2D eigenvalue weighted by molar-refractivity contribution is -0.109. The second-order valence-corrected chi connectivity index (χ2v) is 9.11. The quantitative estimate of drug-likeness (QED) is 0.537. The van der Waals surface area contributed by atoms with Crippen LogP contribution >= 0.6 is 23.2 Å². The molecule has 3 heterocycles. The SMILES string of the molecule is Clc1cc(Cl)cc(CCCC[C@@]2(c3ccccn3)CCO[C@]3(CCOC3)C2)c1. The highest BCUT2D eigenvalue weighted by molar-refractivity contribution is 6.34. The number of aromatic nitrogens is 1. The van der Waals surface area contributed by atoms with Gasteiger partial charge in [0.15, 0.2) is 0 Å². The molecule has 5 heteroatoms. The maximum absolute atomic E-state index is 6.22. The van der Waals surface area contributed by atoms with Crippen molar-refractivity contribution in [2.75, 3.05) is 19.8 Å². The molecular formula is C23H27Cl2NO2. The molecule has 0 saturated carbocycles. The molecule has 0 unspecified atom stereocenters. The summed E-state index contributed by atoms with van der Waals surface area (Å²) in [6, 6.07) is 12.1. The lowest BCUT2D eigenvalue weighted by Gasteiger charge is -2.45. The second kappa shape index (κ2) is 8.71. The van der Waals surface area contributed by atoms with E-state index in [9.17, 15) is 0 Å². The normalized spacial score (nSPS) is 27.4. The number of halogens is 2. The molecule has 2 aliphatic heterocycles. The summed E-state index contributed by atoms with van der Waals surface area (Å²) in [4.78, 5) is 4.76. The molecule has 0 bridgehead atoms. The summed E-state index contributed by atoms with van der Waals surface area (Å²) in [5, 5.41) is 1.42. The molecule has 2 aromatic rings. The van der Waals surface area contributed by atoms with Crippen LogP contribution in [0.1, 0.15) is 49.8 Å². The van der Waals surface area contributed by atoms with E-state index < -0.39 is 0 Å².